The molecule has 3 heteroatoms. The Labute approximate surface area is 95.4 Å². The molecule has 0 spiro atoms. The van der Waals surface area contributed by atoms with Gasteiger partial charge in [-0.2, -0.15) is 0 Å². The van der Waals surface area contributed by atoms with Gasteiger partial charge in [0.1, 0.15) is 0 Å². The third-order valence-corrected chi connectivity index (χ3v) is 3.16. The quantitative estimate of drug-likeness (QED) is 0.834. The molecule has 2 rings (SSSR count). The van der Waals surface area contributed by atoms with Crippen LogP contribution in [0, 0.1) is 0 Å². The first-order valence-electron chi connectivity index (χ1n) is 4.58. The molecule has 1 aliphatic heterocycles. The van der Waals surface area contributed by atoms with E-state index in [4.69, 9.17) is 0 Å². The van der Waals surface area contributed by atoms with Crippen molar-refractivity contribution >= 4 is 24.2 Å². The third-order valence-electron chi connectivity index (χ3n) is 2.01. The van der Waals surface area contributed by atoms with E-state index in [-0.39, 0.29) is 12.4 Å². The number of rotatable bonds is 2. The second kappa shape index (κ2) is 6.12. The molecule has 0 fully saturated rings. The zero-order valence-electron chi connectivity index (χ0n) is 7.90. The lowest BCUT2D eigenvalue weighted by Gasteiger charge is -2.12. The number of thioether (sulfide) groups is 1. The van der Waals surface area contributed by atoms with Crippen LogP contribution >= 0.6 is 24.2 Å². The standard InChI is InChI=1S/C11H13NS.ClH/c1-2-4-10(5-3-1)13-11-6-8-12-9-7-11;/h1-6,12H,7-9H2;1H. The van der Waals surface area contributed by atoms with Gasteiger partial charge in [-0.3, -0.25) is 0 Å². The molecular formula is C11H14ClNS. The summed E-state index contributed by atoms with van der Waals surface area (Å²) in [5, 5.41) is 3.31. The van der Waals surface area contributed by atoms with Crippen LogP contribution in [0.3, 0.4) is 0 Å². The highest BCUT2D eigenvalue weighted by atomic mass is 35.5. The molecule has 0 aromatic heterocycles. The molecule has 1 aromatic rings. The van der Waals surface area contributed by atoms with Gasteiger partial charge in [0.05, 0.1) is 0 Å². The van der Waals surface area contributed by atoms with Crippen LogP contribution in [-0.4, -0.2) is 13.1 Å². The van der Waals surface area contributed by atoms with Crippen LogP contribution in [0.4, 0.5) is 0 Å². The van der Waals surface area contributed by atoms with Crippen LogP contribution in [0.2, 0.25) is 0 Å². The average Bonchev–Trinajstić information content (AvgIpc) is 2.21. The molecule has 1 aromatic carbocycles. The van der Waals surface area contributed by atoms with E-state index < -0.39 is 0 Å². The van der Waals surface area contributed by atoms with E-state index in [9.17, 15) is 0 Å². The van der Waals surface area contributed by atoms with Gasteiger partial charge in [-0.25, -0.2) is 0 Å². The van der Waals surface area contributed by atoms with Gasteiger partial charge in [-0.1, -0.05) is 36.0 Å². The van der Waals surface area contributed by atoms with Crippen molar-refractivity contribution in [2.45, 2.75) is 11.3 Å². The molecule has 0 bridgehead atoms. The number of hydrogen-bond donors (Lipinski definition) is 1. The molecule has 0 atom stereocenters. The van der Waals surface area contributed by atoms with E-state index in [1.165, 1.54) is 16.2 Å². The molecular weight excluding hydrogens is 214 g/mol. The van der Waals surface area contributed by atoms with Gasteiger partial charge in [0.15, 0.2) is 0 Å². The summed E-state index contributed by atoms with van der Waals surface area (Å²) in [6, 6.07) is 10.6. The van der Waals surface area contributed by atoms with E-state index in [1.807, 2.05) is 11.8 Å². The average molecular weight is 228 g/mol. The van der Waals surface area contributed by atoms with Crippen LogP contribution in [0.15, 0.2) is 46.2 Å². The predicted octanol–water partition coefficient (Wildman–Crippen LogP) is 3.08. The summed E-state index contributed by atoms with van der Waals surface area (Å²) in [6.07, 6.45) is 3.45. The maximum atomic E-state index is 3.31. The van der Waals surface area contributed by atoms with Crippen molar-refractivity contribution in [3.05, 3.63) is 41.3 Å². The summed E-state index contributed by atoms with van der Waals surface area (Å²) in [6.45, 7) is 2.14. The minimum atomic E-state index is 0. The lowest BCUT2D eigenvalue weighted by Crippen LogP contribution is -2.19. The fourth-order valence-corrected chi connectivity index (χ4v) is 2.30. The second-order valence-corrected chi connectivity index (χ2v) is 4.24. The van der Waals surface area contributed by atoms with Gasteiger partial charge >= 0.3 is 0 Å². The smallest absolute Gasteiger partial charge is 0.0145 e. The van der Waals surface area contributed by atoms with Crippen molar-refractivity contribution in [2.75, 3.05) is 13.1 Å². The Morgan fingerprint density at radius 1 is 1.14 bits per heavy atom. The van der Waals surface area contributed by atoms with Crippen molar-refractivity contribution in [2.24, 2.45) is 0 Å². The van der Waals surface area contributed by atoms with Crippen molar-refractivity contribution in [1.29, 1.82) is 0 Å². The Morgan fingerprint density at radius 3 is 2.57 bits per heavy atom. The summed E-state index contributed by atoms with van der Waals surface area (Å²) in [4.78, 5) is 2.83. The highest BCUT2D eigenvalue weighted by molar-refractivity contribution is 8.03. The maximum Gasteiger partial charge on any atom is 0.0145 e. The lowest BCUT2D eigenvalue weighted by molar-refractivity contribution is 0.722. The molecule has 0 amide bonds. The fraction of sp³-hybridized carbons (Fsp3) is 0.273. The molecule has 1 N–H and O–H groups in total. The molecule has 0 saturated heterocycles. The zero-order valence-corrected chi connectivity index (χ0v) is 9.53. The Hall–Kier alpha value is -0.440. The molecule has 0 radical (unpaired) electrons. The van der Waals surface area contributed by atoms with Crippen LogP contribution in [0.1, 0.15) is 6.42 Å². The van der Waals surface area contributed by atoms with E-state index in [2.05, 4.69) is 41.7 Å². The number of benzene rings is 1. The predicted molar refractivity (Wildman–Crippen MR) is 65.1 cm³/mol. The van der Waals surface area contributed by atoms with Crippen molar-refractivity contribution in [3.8, 4) is 0 Å². The van der Waals surface area contributed by atoms with Gasteiger partial charge in [0.2, 0.25) is 0 Å². The van der Waals surface area contributed by atoms with Crippen molar-refractivity contribution in [1.82, 2.24) is 5.32 Å². The lowest BCUT2D eigenvalue weighted by atomic mass is 10.3. The second-order valence-electron chi connectivity index (χ2n) is 3.04. The Balaban J connectivity index is 0.000000980. The summed E-state index contributed by atoms with van der Waals surface area (Å²) < 4.78 is 0. The Bertz CT molecular complexity index is 297. The highest BCUT2D eigenvalue weighted by Gasteiger charge is 2.03. The monoisotopic (exact) mass is 227 g/mol. The SMILES string of the molecule is C1=C(Sc2ccccc2)CCNC1.Cl. The minimum absolute atomic E-state index is 0. The highest BCUT2D eigenvalue weighted by Crippen LogP contribution is 2.28. The summed E-state index contributed by atoms with van der Waals surface area (Å²) in [7, 11) is 0. The van der Waals surface area contributed by atoms with Crippen LogP contribution < -0.4 is 5.32 Å². The molecule has 76 valence electrons. The van der Waals surface area contributed by atoms with E-state index >= 15 is 0 Å². The first kappa shape index (κ1) is 11.6. The first-order chi connectivity index (χ1) is 6.45. The molecule has 0 aliphatic carbocycles. The molecule has 1 aliphatic rings. The molecule has 1 nitrogen and oxygen atoms in total. The summed E-state index contributed by atoms with van der Waals surface area (Å²) >= 11 is 1.89. The van der Waals surface area contributed by atoms with E-state index in [0.29, 0.717) is 0 Å². The summed E-state index contributed by atoms with van der Waals surface area (Å²) in [5.41, 5.74) is 0. The summed E-state index contributed by atoms with van der Waals surface area (Å²) in [5.74, 6) is 0. The van der Waals surface area contributed by atoms with Gasteiger partial charge in [-0.15, -0.1) is 12.4 Å². The van der Waals surface area contributed by atoms with E-state index in [0.717, 1.165) is 13.1 Å². The van der Waals surface area contributed by atoms with Crippen LogP contribution in [-0.2, 0) is 0 Å². The maximum absolute atomic E-state index is 3.31. The Morgan fingerprint density at radius 2 is 1.93 bits per heavy atom. The van der Waals surface area contributed by atoms with Gasteiger partial charge in [0, 0.05) is 11.4 Å². The molecule has 14 heavy (non-hydrogen) atoms. The molecule has 1 heterocycles. The van der Waals surface area contributed by atoms with Crippen LogP contribution in [0.25, 0.3) is 0 Å². The molecule has 0 unspecified atom stereocenters. The molecule has 0 saturated carbocycles. The number of halogens is 1. The van der Waals surface area contributed by atoms with Gasteiger partial charge in [0.25, 0.3) is 0 Å². The van der Waals surface area contributed by atoms with Crippen molar-refractivity contribution in [3.63, 3.8) is 0 Å². The fourth-order valence-electron chi connectivity index (χ4n) is 1.33. The van der Waals surface area contributed by atoms with Crippen molar-refractivity contribution < 1.29 is 0 Å². The largest absolute Gasteiger partial charge is 0.313 e. The Kier molecular flexibility index (Phi) is 5.09. The number of nitrogens with one attached hydrogen (secondary N) is 1. The van der Waals surface area contributed by atoms with Gasteiger partial charge in [-0.05, 0) is 30.0 Å². The minimum Gasteiger partial charge on any atom is -0.313 e. The topological polar surface area (TPSA) is 12.0 Å². The normalized spacial score (nSPS) is 15.6. The number of hydrogen-bond acceptors (Lipinski definition) is 2. The van der Waals surface area contributed by atoms with Gasteiger partial charge < -0.3 is 5.32 Å². The van der Waals surface area contributed by atoms with E-state index in [1.54, 1.807) is 0 Å². The van der Waals surface area contributed by atoms with Crippen LogP contribution in [0.5, 0.6) is 0 Å². The zero-order chi connectivity index (χ0) is 8.93. The first-order valence-corrected chi connectivity index (χ1v) is 5.39. The third kappa shape index (κ3) is 3.37.